The van der Waals surface area contributed by atoms with Gasteiger partial charge in [0.25, 0.3) is 0 Å². The number of fused-ring (bicyclic) bond motifs is 15. The Balaban J connectivity index is 1.27. The van der Waals surface area contributed by atoms with Crippen molar-refractivity contribution in [1.82, 2.24) is 0 Å². The van der Waals surface area contributed by atoms with E-state index >= 15 is 0 Å². The van der Waals surface area contributed by atoms with E-state index < -0.39 is 8.07 Å². The molecule has 7 aromatic rings. The summed E-state index contributed by atoms with van der Waals surface area (Å²) in [7, 11) is -2.69. The Morgan fingerprint density at radius 3 is 1.94 bits per heavy atom. The minimum absolute atomic E-state index is 0.0105. The van der Waals surface area contributed by atoms with E-state index in [1.807, 2.05) is 0 Å². The third-order valence-corrected chi connectivity index (χ3v) is 16.4. The molecule has 5 heterocycles. The van der Waals surface area contributed by atoms with Gasteiger partial charge in [0, 0.05) is 22.6 Å². The Bertz CT molecular complexity index is 2570. The van der Waals surface area contributed by atoms with Crippen LogP contribution in [-0.2, 0) is 0 Å². The maximum absolute atomic E-state index is 6.63. The minimum atomic E-state index is -2.69. The summed E-state index contributed by atoms with van der Waals surface area (Å²) in [4.78, 5) is 5.22. The van der Waals surface area contributed by atoms with E-state index in [2.05, 4.69) is 162 Å². The van der Waals surface area contributed by atoms with Crippen LogP contribution in [0.2, 0.25) is 0 Å². The lowest BCUT2D eigenvalue weighted by Crippen LogP contribution is -2.77. The van der Waals surface area contributed by atoms with Crippen molar-refractivity contribution in [2.24, 2.45) is 0 Å². The average molecular weight is 627 g/mol. The molecule has 0 aliphatic carbocycles. The van der Waals surface area contributed by atoms with Gasteiger partial charge in [-0.1, -0.05) is 115 Å². The summed E-state index contributed by atoms with van der Waals surface area (Å²) in [6, 6.07) is 54.9. The number of benzene rings is 7. The summed E-state index contributed by atoms with van der Waals surface area (Å²) in [6.45, 7) is 2.24. The van der Waals surface area contributed by atoms with Gasteiger partial charge in [-0.3, -0.25) is 0 Å². The summed E-state index contributed by atoms with van der Waals surface area (Å²) in [5, 5.41) is 5.94. The monoisotopic (exact) mass is 626 g/mol. The number of hydrogen-bond acceptors (Lipinski definition) is 3. The first kappa shape index (κ1) is 25.3. The van der Waals surface area contributed by atoms with Gasteiger partial charge < -0.3 is 14.4 Å². The second kappa shape index (κ2) is 8.57. The number of para-hydroxylation sites is 5. The van der Waals surface area contributed by atoms with E-state index in [1.165, 1.54) is 76.6 Å². The van der Waals surface area contributed by atoms with E-state index in [4.69, 9.17) is 4.74 Å². The highest BCUT2D eigenvalue weighted by atomic mass is 28.3. The normalized spacial score (nSPS) is 15.4. The van der Waals surface area contributed by atoms with Crippen LogP contribution in [0.4, 0.5) is 28.4 Å². The van der Waals surface area contributed by atoms with E-state index in [0.717, 1.165) is 22.9 Å². The van der Waals surface area contributed by atoms with Crippen LogP contribution >= 0.6 is 0 Å². The summed E-state index contributed by atoms with van der Waals surface area (Å²) in [5.41, 5.74) is 15.5. The molecule has 7 aromatic carbocycles. The molecule has 5 aliphatic rings. The quantitative estimate of drug-likeness (QED) is 0.179. The van der Waals surface area contributed by atoms with Gasteiger partial charge in [-0.15, -0.1) is 0 Å². The lowest BCUT2D eigenvalue weighted by Gasteiger charge is -2.51. The van der Waals surface area contributed by atoms with Crippen LogP contribution in [0.1, 0.15) is 5.56 Å². The van der Waals surface area contributed by atoms with Gasteiger partial charge in [0.15, 0.2) is 13.8 Å². The van der Waals surface area contributed by atoms with Crippen LogP contribution in [-0.4, -0.2) is 14.9 Å². The van der Waals surface area contributed by atoms with Crippen molar-refractivity contribution in [1.29, 1.82) is 0 Å². The summed E-state index contributed by atoms with van der Waals surface area (Å²) < 4.78 is 6.63. The second-order valence-corrected chi connectivity index (χ2v) is 17.3. The average Bonchev–Trinajstić information content (AvgIpc) is 3.43. The number of rotatable bonds is 0. The van der Waals surface area contributed by atoms with E-state index in [9.17, 15) is 0 Å². The fraction of sp³-hybridized carbons (Fsp3) is 0.0233. The van der Waals surface area contributed by atoms with Crippen molar-refractivity contribution in [3.63, 3.8) is 0 Å². The predicted octanol–water partition coefficient (Wildman–Crippen LogP) is 6.48. The zero-order valence-corrected chi connectivity index (χ0v) is 27.2. The number of anilines is 5. The molecule has 0 unspecified atom stereocenters. The lowest BCUT2D eigenvalue weighted by molar-refractivity contribution is 0.478. The number of nitrogens with zero attached hydrogens (tertiary/aromatic N) is 2. The van der Waals surface area contributed by atoms with Crippen LogP contribution in [0.25, 0.3) is 22.3 Å². The Morgan fingerprint density at radius 2 is 1.12 bits per heavy atom. The van der Waals surface area contributed by atoms with Gasteiger partial charge in [0.2, 0.25) is 0 Å². The smallest absolute Gasteiger partial charge is 0.333 e. The lowest BCUT2D eigenvalue weighted by atomic mass is 9.43. The maximum atomic E-state index is 6.63. The third-order valence-electron chi connectivity index (χ3n) is 11.4. The topological polar surface area (TPSA) is 15.7 Å². The van der Waals surface area contributed by atoms with Gasteiger partial charge in [-0.25, -0.2) is 0 Å². The summed E-state index contributed by atoms with van der Waals surface area (Å²) >= 11 is 0. The molecular formula is C43H27BN2OSi. The first-order valence-corrected chi connectivity index (χ1v) is 18.8. The Labute approximate surface area is 280 Å². The highest BCUT2D eigenvalue weighted by Gasteiger charge is 2.57. The molecule has 0 atom stereocenters. The molecule has 0 aromatic heterocycles. The Hall–Kier alpha value is -5.78. The van der Waals surface area contributed by atoms with E-state index in [0.29, 0.717) is 0 Å². The molecule has 0 saturated heterocycles. The molecule has 222 valence electrons. The third kappa shape index (κ3) is 2.74. The number of hydrogen-bond donors (Lipinski definition) is 0. The molecule has 5 heteroatoms. The molecule has 3 nitrogen and oxygen atoms in total. The van der Waals surface area contributed by atoms with Crippen LogP contribution in [0.3, 0.4) is 0 Å². The standard InChI is InChI=1S/C43H27BN2OSi/c1-26-24-30-29-14-10-19-36-42(29)46(32-16-4-6-18-35(32)47-36)44-31-15-11-23-40-43(31)45(34(25-26)41(30)44)33-17-5-9-22-39(33)48(40)37-20-7-2-12-27(37)28-13-3-8-21-38(28)48/h2-25H,1H3. The molecule has 0 bridgehead atoms. The highest BCUT2D eigenvalue weighted by molar-refractivity contribution is 7.24. The van der Waals surface area contributed by atoms with Crippen LogP contribution in [0, 0.1) is 6.92 Å². The fourth-order valence-corrected chi connectivity index (χ4v) is 15.4. The molecule has 0 saturated carbocycles. The number of aryl methyl sites for hydroxylation is 1. The van der Waals surface area contributed by atoms with Gasteiger partial charge in [0.05, 0.1) is 11.4 Å². The summed E-state index contributed by atoms with van der Waals surface area (Å²) in [6.07, 6.45) is 0. The fourth-order valence-electron chi connectivity index (χ4n) is 9.87. The van der Waals surface area contributed by atoms with Crippen molar-refractivity contribution in [3.8, 4) is 33.8 Å². The first-order valence-electron chi connectivity index (χ1n) is 16.8. The van der Waals surface area contributed by atoms with Gasteiger partial charge in [-0.2, -0.15) is 0 Å². The van der Waals surface area contributed by atoms with Crippen LogP contribution < -0.4 is 46.1 Å². The van der Waals surface area contributed by atoms with E-state index in [-0.39, 0.29) is 6.85 Å². The second-order valence-electron chi connectivity index (χ2n) is 13.7. The molecule has 1 spiro atoms. The molecule has 0 radical (unpaired) electrons. The largest absolute Gasteiger partial charge is 0.453 e. The maximum Gasteiger partial charge on any atom is 0.333 e. The number of ether oxygens (including phenoxy) is 1. The molecule has 48 heavy (non-hydrogen) atoms. The zero-order valence-electron chi connectivity index (χ0n) is 26.2. The van der Waals surface area contributed by atoms with Crippen molar-refractivity contribution in [2.75, 3.05) is 9.71 Å². The molecule has 0 amide bonds. The molecule has 12 rings (SSSR count). The molecule has 5 aliphatic heterocycles. The van der Waals surface area contributed by atoms with Gasteiger partial charge >= 0.3 is 6.85 Å². The summed E-state index contributed by atoms with van der Waals surface area (Å²) in [5.74, 6) is 1.82. The van der Waals surface area contributed by atoms with Crippen molar-refractivity contribution < 1.29 is 4.74 Å². The van der Waals surface area contributed by atoms with Gasteiger partial charge in [0.1, 0.15) is 5.75 Å². The molecular weight excluding hydrogens is 599 g/mol. The van der Waals surface area contributed by atoms with Crippen molar-refractivity contribution >= 4 is 75.0 Å². The van der Waals surface area contributed by atoms with Crippen molar-refractivity contribution in [3.05, 3.63) is 151 Å². The molecule has 0 fully saturated rings. The minimum Gasteiger partial charge on any atom is -0.453 e. The first-order chi connectivity index (χ1) is 23.7. The van der Waals surface area contributed by atoms with E-state index in [1.54, 1.807) is 0 Å². The highest BCUT2D eigenvalue weighted by Crippen LogP contribution is 2.55. The van der Waals surface area contributed by atoms with Gasteiger partial charge in [-0.05, 0) is 91.2 Å². The predicted molar refractivity (Wildman–Crippen MR) is 201 cm³/mol. The Kier molecular flexibility index (Phi) is 4.52. The Morgan fingerprint density at radius 1 is 0.500 bits per heavy atom. The zero-order chi connectivity index (χ0) is 31.3. The molecule has 0 N–H and O–H groups in total. The SMILES string of the molecule is Cc1cc2c3c(c1)N1c4ccccc4[Si]4(c5ccccc5-c5ccccc54)c4cccc(c41)B3N1c3ccccc3Oc3cccc-2c31. The van der Waals surface area contributed by atoms with Crippen molar-refractivity contribution in [2.45, 2.75) is 6.92 Å². The van der Waals surface area contributed by atoms with Crippen LogP contribution in [0.15, 0.2) is 146 Å². The van der Waals surface area contributed by atoms with Crippen LogP contribution in [0.5, 0.6) is 11.5 Å².